The minimum Gasteiger partial charge on any atom is -0.497 e. The number of methoxy groups -OCH3 is 2. The fourth-order valence-corrected chi connectivity index (χ4v) is 5.33. The number of aliphatic imine (C=N–C) groups is 1. The number of likely N-dealkylation sites (tertiary alicyclic amines) is 1. The molecule has 1 aromatic carbocycles. The third-order valence-electron chi connectivity index (χ3n) is 6.31. The van der Waals surface area contributed by atoms with Crippen molar-refractivity contribution in [3.8, 4) is 5.75 Å². The van der Waals surface area contributed by atoms with Gasteiger partial charge in [0.2, 0.25) is 5.91 Å². The summed E-state index contributed by atoms with van der Waals surface area (Å²) in [5, 5.41) is 2.75. The molecule has 3 aliphatic heterocycles. The normalized spacial score (nSPS) is 21.2. The van der Waals surface area contributed by atoms with E-state index in [1.807, 2.05) is 46.4 Å². The smallest absolute Gasteiger partial charge is 0.338 e. The van der Waals surface area contributed by atoms with E-state index in [1.54, 1.807) is 7.11 Å². The summed E-state index contributed by atoms with van der Waals surface area (Å²) in [7, 11) is 3.00. The number of carbonyl (C=O) groups is 2. The van der Waals surface area contributed by atoms with Gasteiger partial charge in [0.1, 0.15) is 5.75 Å². The van der Waals surface area contributed by atoms with Crippen LogP contribution in [0.4, 0.5) is 0 Å². The SMILES string of the molecule is COC(=O)C1=C(C)N=C2SC=C(CC(=O)N3CCC(C)CC3)N2[C@@H]1c1ccc(OC)cc1. The summed E-state index contributed by atoms with van der Waals surface area (Å²) in [6, 6.07) is 7.21. The summed E-state index contributed by atoms with van der Waals surface area (Å²) in [6.07, 6.45) is 2.36. The largest absolute Gasteiger partial charge is 0.497 e. The predicted octanol–water partition coefficient (Wildman–Crippen LogP) is 4.09. The number of nitrogens with zero attached hydrogens (tertiary/aromatic N) is 3. The Morgan fingerprint density at radius 3 is 2.47 bits per heavy atom. The lowest BCUT2D eigenvalue weighted by atomic mass is 9.93. The number of rotatable bonds is 5. The minimum absolute atomic E-state index is 0.115. The number of hydrogen-bond acceptors (Lipinski definition) is 7. The van der Waals surface area contributed by atoms with Gasteiger partial charge >= 0.3 is 5.97 Å². The second kappa shape index (κ2) is 9.40. The van der Waals surface area contributed by atoms with Crippen molar-refractivity contribution < 1.29 is 19.1 Å². The minimum atomic E-state index is -0.420. The number of esters is 1. The lowest BCUT2D eigenvalue weighted by Gasteiger charge is -2.37. The van der Waals surface area contributed by atoms with Crippen LogP contribution in [-0.4, -0.2) is 54.2 Å². The summed E-state index contributed by atoms with van der Waals surface area (Å²) in [5.74, 6) is 1.10. The summed E-state index contributed by atoms with van der Waals surface area (Å²) in [5.41, 5.74) is 2.87. The molecule has 1 aromatic rings. The molecular formula is C24H29N3O4S. The zero-order chi connectivity index (χ0) is 22.8. The number of carbonyl (C=O) groups excluding carboxylic acids is 2. The lowest BCUT2D eigenvalue weighted by Crippen LogP contribution is -2.41. The van der Waals surface area contributed by atoms with Crippen LogP contribution in [0.3, 0.4) is 0 Å². The molecule has 8 heteroatoms. The molecule has 0 unspecified atom stereocenters. The van der Waals surface area contributed by atoms with Crippen LogP contribution in [0.15, 0.2) is 51.6 Å². The number of fused-ring (bicyclic) bond motifs is 1. The Bertz CT molecular complexity index is 991. The monoisotopic (exact) mass is 455 g/mol. The van der Waals surface area contributed by atoms with Crippen molar-refractivity contribution in [1.29, 1.82) is 0 Å². The van der Waals surface area contributed by atoms with Crippen molar-refractivity contribution in [3.05, 3.63) is 52.2 Å². The summed E-state index contributed by atoms with van der Waals surface area (Å²) < 4.78 is 10.4. The van der Waals surface area contributed by atoms with Crippen LogP contribution in [0.1, 0.15) is 44.7 Å². The number of benzene rings is 1. The number of allylic oxidation sites excluding steroid dienone is 1. The van der Waals surface area contributed by atoms with E-state index in [0.29, 0.717) is 17.2 Å². The molecule has 0 N–H and O–H groups in total. The highest BCUT2D eigenvalue weighted by Crippen LogP contribution is 2.45. The van der Waals surface area contributed by atoms with E-state index in [4.69, 9.17) is 9.47 Å². The van der Waals surface area contributed by atoms with Crippen LogP contribution in [0.25, 0.3) is 0 Å². The Hall–Kier alpha value is -2.74. The fraction of sp³-hybridized carbons (Fsp3) is 0.458. The summed E-state index contributed by atoms with van der Waals surface area (Å²) in [4.78, 5) is 34.5. The maximum absolute atomic E-state index is 13.1. The molecule has 1 amide bonds. The standard InChI is InChI=1S/C24H29N3O4S/c1-15-9-11-26(12-10-15)20(28)13-18-14-32-24-25-16(2)21(23(29)31-4)22(27(18)24)17-5-7-19(30-3)8-6-17/h5-8,14-15,22H,9-13H2,1-4H3/t22-/m1/s1. The van der Waals surface area contributed by atoms with E-state index in [-0.39, 0.29) is 12.3 Å². The van der Waals surface area contributed by atoms with Gasteiger partial charge in [0.25, 0.3) is 0 Å². The lowest BCUT2D eigenvalue weighted by molar-refractivity contribution is -0.136. The van der Waals surface area contributed by atoms with E-state index in [2.05, 4.69) is 11.9 Å². The second-order valence-corrected chi connectivity index (χ2v) is 9.23. The number of thioether (sulfide) groups is 1. The van der Waals surface area contributed by atoms with Gasteiger partial charge in [-0.2, -0.15) is 0 Å². The number of amides is 1. The number of amidine groups is 1. The number of ether oxygens (including phenoxy) is 2. The van der Waals surface area contributed by atoms with Gasteiger partial charge in [0.15, 0.2) is 5.17 Å². The van der Waals surface area contributed by atoms with E-state index < -0.39 is 12.0 Å². The van der Waals surface area contributed by atoms with Crippen LogP contribution in [0, 0.1) is 5.92 Å². The van der Waals surface area contributed by atoms with Crippen LogP contribution < -0.4 is 4.74 Å². The Kier molecular flexibility index (Phi) is 6.60. The van der Waals surface area contributed by atoms with E-state index in [9.17, 15) is 9.59 Å². The van der Waals surface area contributed by atoms with Gasteiger partial charge in [-0.25, -0.2) is 9.79 Å². The third-order valence-corrected chi connectivity index (χ3v) is 7.19. The fourth-order valence-electron chi connectivity index (χ4n) is 4.37. The van der Waals surface area contributed by atoms with Crippen LogP contribution in [0.2, 0.25) is 0 Å². The van der Waals surface area contributed by atoms with E-state index >= 15 is 0 Å². The molecule has 170 valence electrons. The van der Waals surface area contributed by atoms with Crippen molar-refractivity contribution in [2.45, 2.75) is 39.2 Å². The molecule has 1 fully saturated rings. The zero-order valence-electron chi connectivity index (χ0n) is 19.0. The summed E-state index contributed by atoms with van der Waals surface area (Å²) in [6.45, 7) is 5.66. The zero-order valence-corrected chi connectivity index (χ0v) is 19.8. The highest BCUT2D eigenvalue weighted by Gasteiger charge is 2.41. The molecule has 4 rings (SSSR count). The molecule has 0 aliphatic carbocycles. The third kappa shape index (κ3) is 4.28. The topological polar surface area (TPSA) is 71.4 Å². The van der Waals surface area contributed by atoms with Crippen molar-refractivity contribution >= 4 is 28.8 Å². The van der Waals surface area contributed by atoms with Gasteiger partial charge < -0.3 is 19.3 Å². The van der Waals surface area contributed by atoms with Gasteiger partial charge in [-0.1, -0.05) is 30.8 Å². The molecule has 7 nitrogen and oxygen atoms in total. The Morgan fingerprint density at radius 2 is 1.84 bits per heavy atom. The maximum atomic E-state index is 13.1. The van der Waals surface area contributed by atoms with E-state index in [1.165, 1.54) is 18.9 Å². The first-order chi connectivity index (χ1) is 15.4. The predicted molar refractivity (Wildman–Crippen MR) is 125 cm³/mol. The van der Waals surface area contributed by atoms with Gasteiger partial charge in [0.05, 0.1) is 38.0 Å². The van der Waals surface area contributed by atoms with Crippen molar-refractivity contribution in [2.75, 3.05) is 27.3 Å². The van der Waals surface area contributed by atoms with Crippen LogP contribution >= 0.6 is 11.8 Å². The quantitative estimate of drug-likeness (QED) is 0.623. The molecule has 3 heterocycles. The van der Waals surface area contributed by atoms with Crippen molar-refractivity contribution in [1.82, 2.24) is 9.80 Å². The van der Waals surface area contributed by atoms with Crippen LogP contribution in [0.5, 0.6) is 5.75 Å². The molecule has 0 spiro atoms. The van der Waals surface area contributed by atoms with Gasteiger partial charge in [-0.15, -0.1) is 0 Å². The average molecular weight is 456 g/mol. The molecule has 0 bridgehead atoms. The first-order valence-electron chi connectivity index (χ1n) is 10.9. The molecule has 32 heavy (non-hydrogen) atoms. The molecule has 3 aliphatic rings. The first kappa shape index (κ1) is 22.5. The Balaban J connectivity index is 1.65. The molecule has 0 saturated carbocycles. The van der Waals surface area contributed by atoms with Crippen molar-refractivity contribution in [2.24, 2.45) is 10.9 Å². The number of piperidine rings is 1. The molecule has 1 saturated heterocycles. The van der Waals surface area contributed by atoms with Gasteiger partial charge in [-0.3, -0.25) is 4.79 Å². The van der Waals surface area contributed by atoms with E-state index in [0.717, 1.165) is 48.1 Å². The Labute approximate surface area is 193 Å². The summed E-state index contributed by atoms with van der Waals surface area (Å²) >= 11 is 1.49. The molecule has 0 radical (unpaired) electrons. The maximum Gasteiger partial charge on any atom is 0.338 e. The second-order valence-electron chi connectivity index (χ2n) is 8.40. The molecule has 1 atom stereocenters. The highest BCUT2D eigenvalue weighted by molar-refractivity contribution is 8.16. The first-order valence-corrected chi connectivity index (χ1v) is 11.7. The van der Waals surface area contributed by atoms with Crippen molar-refractivity contribution in [3.63, 3.8) is 0 Å². The highest BCUT2D eigenvalue weighted by atomic mass is 32.2. The number of hydrogen-bond donors (Lipinski definition) is 0. The Morgan fingerprint density at radius 1 is 1.16 bits per heavy atom. The molecule has 0 aromatic heterocycles. The molecular weight excluding hydrogens is 426 g/mol. The average Bonchev–Trinajstić information content (AvgIpc) is 3.20. The van der Waals surface area contributed by atoms with Crippen LogP contribution in [-0.2, 0) is 14.3 Å². The van der Waals surface area contributed by atoms with Gasteiger partial charge in [0, 0.05) is 18.8 Å². The van der Waals surface area contributed by atoms with Gasteiger partial charge in [-0.05, 0) is 48.8 Å².